The Morgan fingerprint density at radius 3 is 2.75 bits per heavy atom. The summed E-state index contributed by atoms with van der Waals surface area (Å²) in [4.78, 5) is 11.7. The van der Waals surface area contributed by atoms with Crippen molar-refractivity contribution in [2.24, 2.45) is 11.1 Å². The van der Waals surface area contributed by atoms with Gasteiger partial charge in [-0.05, 0) is 36.1 Å². The van der Waals surface area contributed by atoms with Crippen LogP contribution < -0.4 is 10.5 Å². The molecule has 0 bridgehead atoms. The first-order chi connectivity index (χ1) is 9.28. The second-order valence-corrected chi connectivity index (χ2v) is 6.51. The lowest BCUT2D eigenvalue weighted by Crippen LogP contribution is -2.32. The van der Waals surface area contributed by atoms with Crippen LogP contribution in [0.5, 0.6) is 0 Å². The Morgan fingerprint density at radius 1 is 1.40 bits per heavy atom. The van der Waals surface area contributed by atoms with Crippen LogP contribution in [0.2, 0.25) is 0 Å². The van der Waals surface area contributed by atoms with E-state index in [2.05, 4.69) is 5.32 Å². The number of nitrogens with one attached hydrogen (secondary N) is 1. The van der Waals surface area contributed by atoms with Crippen LogP contribution >= 0.6 is 0 Å². The lowest BCUT2D eigenvalue weighted by Gasteiger charge is -2.05. The third kappa shape index (κ3) is 3.73. The van der Waals surface area contributed by atoms with Crippen LogP contribution in [0.3, 0.4) is 0 Å². The van der Waals surface area contributed by atoms with E-state index in [1.165, 1.54) is 0 Å². The molecule has 0 aromatic heterocycles. The highest BCUT2D eigenvalue weighted by atomic mass is 32.2. The normalized spacial score (nSPS) is 21.6. The lowest BCUT2D eigenvalue weighted by atomic mass is 10.1. The molecule has 1 amide bonds. The summed E-state index contributed by atoms with van der Waals surface area (Å²) < 4.78 is 48.0. The smallest absolute Gasteiger partial charge is 0.223 e. The van der Waals surface area contributed by atoms with Crippen LogP contribution in [0.4, 0.5) is 8.78 Å². The zero-order chi connectivity index (χ0) is 14.9. The number of sulfonamides is 1. The molecule has 1 aromatic carbocycles. The number of carbonyl (C=O) groups is 1. The fourth-order valence-corrected chi connectivity index (χ4v) is 2.46. The predicted octanol–water partition coefficient (Wildman–Crippen LogP) is 0.473. The number of rotatable bonds is 5. The van der Waals surface area contributed by atoms with E-state index in [0.717, 1.165) is 18.2 Å². The lowest BCUT2D eigenvalue weighted by molar-refractivity contribution is -0.122. The molecule has 1 aliphatic rings. The molecule has 8 heteroatoms. The van der Waals surface area contributed by atoms with Crippen LogP contribution in [0.15, 0.2) is 18.2 Å². The Kier molecular flexibility index (Phi) is 4.05. The highest BCUT2D eigenvalue weighted by Crippen LogP contribution is 2.48. The van der Waals surface area contributed by atoms with Crippen LogP contribution in [0, 0.1) is 17.6 Å². The largest absolute Gasteiger partial charge is 0.355 e. The first-order valence-electron chi connectivity index (χ1n) is 6.01. The molecule has 2 atom stereocenters. The molecule has 5 nitrogen and oxygen atoms in total. The molecule has 3 N–H and O–H groups in total. The molecule has 110 valence electrons. The predicted molar refractivity (Wildman–Crippen MR) is 68.2 cm³/mol. The average molecular weight is 304 g/mol. The first-order valence-corrected chi connectivity index (χ1v) is 7.72. The molecule has 20 heavy (non-hydrogen) atoms. The van der Waals surface area contributed by atoms with Gasteiger partial charge in [0.05, 0.1) is 5.75 Å². The maximum absolute atomic E-state index is 13.5. The SMILES string of the molecule is NS(=O)(=O)CCNC(=O)[C@H]1C[C@@H]1c1cc(F)ccc1F. The van der Waals surface area contributed by atoms with Crippen molar-refractivity contribution in [1.29, 1.82) is 0 Å². The summed E-state index contributed by atoms with van der Waals surface area (Å²) in [5.74, 6) is -2.64. The van der Waals surface area contributed by atoms with Gasteiger partial charge in [-0.25, -0.2) is 22.3 Å². The number of primary sulfonamides is 1. The molecule has 0 heterocycles. The standard InChI is InChI=1S/C12H14F2N2O3S/c13-7-1-2-11(14)9(5-7)8-6-10(8)12(17)16-3-4-20(15,18)19/h1-2,5,8,10H,3-4,6H2,(H,16,17)(H2,15,18,19)/t8-,10+/m1/s1. The number of hydrogen-bond donors (Lipinski definition) is 2. The van der Waals surface area contributed by atoms with Crippen LogP contribution in [-0.4, -0.2) is 26.6 Å². The van der Waals surface area contributed by atoms with E-state index < -0.39 is 27.6 Å². The molecule has 2 rings (SSSR count). The molecule has 1 saturated carbocycles. The molecule has 0 saturated heterocycles. The molecular weight excluding hydrogens is 290 g/mol. The Bertz CT molecular complexity index is 634. The molecule has 0 aliphatic heterocycles. The summed E-state index contributed by atoms with van der Waals surface area (Å²) in [6.45, 7) is -0.0908. The van der Waals surface area contributed by atoms with E-state index in [-0.39, 0.29) is 29.7 Å². The van der Waals surface area contributed by atoms with Gasteiger partial charge in [-0.1, -0.05) is 0 Å². The average Bonchev–Trinajstić information content (AvgIpc) is 3.10. The monoisotopic (exact) mass is 304 g/mol. The number of hydrogen-bond acceptors (Lipinski definition) is 3. The van der Waals surface area contributed by atoms with Gasteiger partial charge in [0.15, 0.2) is 0 Å². The van der Waals surface area contributed by atoms with E-state index in [9.17, 15) is 22.0 Å². The van der Waals surface area contributed by atoms with Crippen molar-refractivity contribution in [3.05, 3.63) is 35.4 Å². The van der Waals surface area contributed by atoms with E-state index in [0.29, 0.717) is 6.42 Å². The number of carbonyl (C=O) groups excluding carboxylic acids is 1. The summed E-state index contributed by atoms with van der Waals surface area (Å²) in [6.07, 6.45) is 0.418. The molecule has 0 radical (unpaired) electrons. The van der Waals surface area contributed by atoms with E-state index in [4.69, 9.17) is 5.14 Å². The van der Waals surface area contributed by atoms with Crippen molar-refractivity contribution < 1.29 is 22.0 Å². The van der Waals surface area contributed by atoms with Crippen LogP contribution in [0.1, 0.15) is 17.9 Å². The van der Waals surface area contributed by atoms with Gasteiger partial charge in [-0.2, -0.15) is 0 Å². The van der Waals surface area contributed by atoms with Gasteiger partial charge in [-0.3, -0.25) is 4.79 Å². The maximum atomic E-state index is 13.5. The third-order valence-electron chi connectivity index (χ3n) is 3.17. The van der Waals surface area contributed by atoms with Crippen molar-refractivity contribution >= 4 is 15.9 Å². The summed E-state index contributed by atoms with van der Waals surface area (Å²) in [5.41, 5.74) is 0.177. The van der Waals surface area contributed by atoms with Crippen molar-refractivity contribution in [3.63, 3.8) is 0 Å². The Hall–Kier alpha value is -1.54. The van der Waals surface area contributed by atoms with Gasteiger partial charge in [-0.15, -0.1) is 0 Å². The number of nitrogens with two attached hydrogens (primary N) is 1. The van der Waals surface area contributed by atoms with E-state index >= 15 is 0 Å². The zero-order valence-corrected chi connectivity index (χ0v) is 11.3. The molecule has 1 aliphatic carbocycles. The fraction of sp³-hybridized carbons (Fsp3) is 0.417. The minimum atomic E-state index is -3.63. The highest BCUT2D eigenvalue weighted by molar-refractivity contribution is 7.89. The van der Waals surface area contributed by atoms with Crippen LogP contribution in [-0.2, 0) is 14.8 Å². The molecule has 0 spiro atoms. The second kappa shape index (κ2) is 5.45. The first kappa shape index (κ1) is 14.9. The Labute approximate surface area is 115 Å². The third-order valence-corrected chi connectivity index (χ3v) is 3.94. The summed E-state index contributed by atoms with van der Waals surface area (Å²) >= 11 is 0. The minimum Gasteiger partial charge on any atom is -0.355 e. The molecule has 0 unspecified atom stereocenters. The minimum absolute atomic E-state index is 0.0908. The molecule has 1 aromatic rings. The fourth-order valence-electron chi connectivity index (χ4n) is 2.07. The number of amides is 1. The highest BCUT2D eigenvalue weighted by Gasteiger charge is 2.45. The van der Waals surface area contributed by atoms with Gasteiger partial charge >= 0.3 is 0 Å². The molecular formula is C12H14F2N2O3S. The topological polar surface area (TPSA) is 89.3 Å². The summed E-state index contributed by atoms with van der Waals surface area (Å²) in [6, 6.07) is 3.12. The van der Waals surface area contributed by atoms with Gasteiger partial charge in [0, 0.05) is 12.5 Å². The van der Waals surface area contributed by atoms with Gasteiger partial charge < -0.3 is 5.32 Å². The Morgan fingerprint density at radius 2 is 2.10 bits per heavy atom. The summed E-state index contributed by atoms with van der Waals surface area (Å²) in [7, 11) is -3.63. The van der Waals surface area contributed by atoms with Gasteiger partial charge in [0.2, 0.25) is 15.9 Å². The second-order valence-electron chi connectivity index (χ2n) is 4.77. The van der Waals surface area contributed by atoms with Crippen molar-refractivity contribution in [1.82, 2.24) is 5.32 Å². The van der Waals surface area contributed by atoms with E-state index in [1.54, 1.807) is 0 Å². The van der Waals surface area contributed by atoms with Crippen molar-refractivity contribution in [2.45, 2.75) is 12.3 Å². The quantitative estimate of drug-likeness (QED) is 0.829. The van der Waals surface area contributed by atoms with Crippen molar-refractivity contribution in [3.8, 4) is 0 Å². The van der Waals surface area contributed by atoms with Gasteiger partial charge in [0.25, 0.3) is 0 Å². The van der Waals surface area contributed by atoms with Gasteiger partial charge in [0.1, 0.15) is 11.6 Å². The number of benzene rings is 1. The number of halogens is 2. The van der Waals surface area contributed by atoms with Crippen LogP contribution in [0.25, 0.3) is 0 Å². The maximum Gasteiger partial charge on any atom is 0.223 e. The summed E-state index contributed by atoms with van der Waals surface area (Å²) in [5, 5.41) is 7.22. The van der Waals surface area contributed by atoms with E-state index in [1.807, 2.05) is 0 Å². The zero-order valence-electron chi connectivity index (χ0n) is 10.5. The molecule has 1 fully saturated rings. The van der Waals surface area contributed by atoms with Crippen molar-refractivity contribution in [2.75, 3.05) is 12.3 Å². The Balaban J connectivity index is 1.91.